The van der Waals surface area contributed by atoms with Crippen molar-refractivity contribution in [1.29, 1.82) is 0 Å². The predicted octanol–water partition coefficient (Wildman–Crippen LogP) is 4.68. The summed E-state index contributed by atoms with van der Waals surface area (Å²) < 4.78 is 78.1. The Morgan fingerprint density at radius 1 is 0.947 bits per heavy atom. The number of carbonyl (C=O) groups is 2. The van der Waals surface area contributed by atoms with Crippen LogP contribution in [0.1, 0.15) is 64.3 Å². The number of aryl methyl sites for hydroxylation is 1. The molecule has 2 N–H and O–H groups in total. The zero-order chi connectivity index (χ0) is 27.7. The fourth-order valence-electron chi connectivity index (χ4n) is 5.02. The summed E-state index contributed by atoms with van der Waals surface area (Å²) >= 11 is 0. The summed E-state index contributed by atoms with van der Waals surface area (Å²) in [6.07, 6.45) is -4.02. The van der Waals surface area contributed by atoms with Gasteiger partial charge in [-0.2, -0.15) is 26.3 Å². The average Bonchev–Trinajstić information content (AvgIpc) is 2.84. The topological polar surface area (TPSA) is 74.3 Å². The molecule has 6 nitrogen and oxygen atoms in total. The second kappa shape index (κ2) is 10.9. The van der Waals surface area contributed by atoms with Crippen molar-refractivity contribution in [3.05, 3.63) is 64.5 Å². The van der Waals surface area contributed by atoms with Crippen LogP contribution in [0.4, 0.5) is 26.3 Å². The molecule has 1 aliphatic heterocycles. The van der Waals surface area contributed by atoms with Gasteiger partial charge in [0.2, 0.25) is 5.91 Å². The van der Waals surface area contributed by atoms with Gasteiger partial charge in [-0.1, -0.05) is 6.07 Å². The van der Waals surface area contributed by atoms with Crippen molar-refractivity contribution >= 4 is 11.8 Å². The minimum atomic E-state index is -5.07. The van der Waals surface area contributed by atoms with E-state index in [-0.39, 0.29) is 12.1 Å². The number of hydrogen-bond acceptors (Lipinski definition) is 4. The van der Waals surface area contributed by atoms with Crippen molar-refractivity contribution in [3.8, 4) is 0 Å². The molecule has 38 heavy (non-hydrogen) atoms. The van der Waals surface area contributed by atoms with Gasteiger partial charge in [0.05, 0.1) is 23.7 Å². The lowest BCUT2D eigenvalue weighted by atomic mass is 9.81. The third-order valence-electron chi connectivity index (χ3n) is 7.15. The zero-order valence-electron chi connectivity index (χ0n) is 20.6. The predicted molar refractivity (Wildman–Crippen MR) is 126 cm³/mol. The Balaban J connectivity index is 1.22. The molecule has 2 aliphatic rings. The van der Waals surface area contributed by atoms with Crippen molar-refractivity contribution in [2.45, 2.75) is 63.0 Å². The highest BCUT2D eigenvalue weighted by Crippen LogP contribution is 2.37. The third-order valence-corrected chi connectivity index (χ3v) is 7.15. The maximum Gasteiger partial charge on any atom is 0.416 e. The van der Waals surface area contributed by atoms with Crippen LogP contribution in [0.5, 0.6) is 0 Å². The summed E-state index contributed by atoms with van der Waals surface area (Å²) in [7, 11) is 0. The molecule has 4 rings (SSSR count). The summed E-state index contributed by atoms with van der Waals surface area (Å²) in [4.78, 5) is 31.1. The highest BCUT2D eigenvalue weighted by Gasteiger charge is 2.38. The quantitative estimate of drug-likeness (QED) is 0.520. The largest absolute Gasteiger partial charge is 0.416 e. The van der Waals surface area contributed by atoms with Gasteiger partial charge in [-0.05, 0) is 68.4 Å². The minimum absolute atomic E-state index is 0.0575. The molecule has 2 aromatic rings. The van der Waals surface area contributed by atoms with Crippen molar-refractivity contribution in [2.75, 3.05) is 19.6 Å². The Labute approximate surface area is 215 Å². The number of likely N-dealkylation sites (tertiary alicyclic amines) is 1. The standard InChI is InChI=1S/C26H28F6N4O2/c1-15-2-3-17(11-33-15)16-4-6-22(7-5-16)36-13-21(14-36)35-23(37)12-34-24(38)18-8-19(25(27,28)29)10-20(9-18)26(30,31)32/h2-3,8-11,16,21-22H,4-7,12-14H2,1H3,(H,34,38)(H,35,37). The molecular formula is C26H28F6N4O2. The number of nitrogens with one attached hydrogen (secondary N) is 2. The van der Waals surface area contributed by atoms with Gasteiger partial charge in [0.1, 0.15) is 0 Å². The van der Waals surface area contributed by atoms with E-state index in [1.54, 1.807) is 0 Å². The highest BCUT2D eigenvalue weighted by atomic mass is 19.4. The van der Waals surface area contributed by atoms with Gasteiger partial charge in [0.25, 0.3) is 5.91 Å². The van der Waals surface area contributed by atoms with Gasteiger partial charge in [-0.3, -0.25) is 19.5 Å². The molecule has 1 aromatic heterocycles. The van der Waals surface area contributed by atoms with Gasteiger partial charge < -0.3 is 10.6 Å². The number of halogens is 6. The Hall–Kier alpha value is -3.15. The molecule has 206 valence electrons. The van der Waals surface area contributed by atoms with Crippen molar-refractivity contribution < 1.29 is 35.9 Å². The SMILES string of the molecule is Cc1ccc(C2CCC(N3CC(NC(=O)CNC(=O)c4cc(C(F)(F)F)cc(C(F)(F)F)c4)C3)CC2)cn1. The van der Waals surface area contributed by atoms with Crippen molar-refractivity contribution in [2.24, 2.45) is 0 Å². The van der Waals surface area contributed by atoms with Crippen LogP contribution in [0.3, 0.4) is 0 Å². The average molecular weight is 543 g/mol. The normalized spacial score (nSPS) is 21.0. The lowest BCUT2D eigenvalue weighted by Gasteiger charge is -2.46. The van der Waals surface area contributed by atoms with E-state index in [0.717, 1.165) is 31.4 Å². The fraction of sp³-hybridized carbons (Fsp3) is 0.500. The lowest BCUT2D eigenvalue weighted by Crippen LogP contribution is -2.63. The van der Waals surface area contributed by atoms with E-state index in [1.807, 2.05) is 19.2 Å². The second-order valence-electron chi connectivity index (χ2n) is 9.93. The molecule has 0 radical (unpaired) electrons. The molecule has 1 aliphatic carbocycles. The number of hydrogen-bond donors (Lipinski definition) is 2. The third kappa shape index (κ3) is 6.83. The van der Waals surface area contributed by atoms with E-state index in [9.17, 15) is 35.9 Å². The Bertz CT molecular complexity index is 1120. The first-order valence-electron chi connectivity index (χ1n) is 12.3. The van der Waals surface area contributed by atoms with Crippen LogP contribution < -0.4 is 10.6 Å². The molecule has 1 aromatic carbocycles. The first-order valence-corrected chi connectivity index (χ1v) is 12.3. The van der Waals surface area contributed by atoms with Crippen LogP contribution in [-0.2, 0) is 17.1 Å². The molecule has 1 saturated carbocycles. The van der Waals surface area contributed by atoms with Crippen LogP contribution in [0.15, 0.2) is 36.5 Å². The van der Waals surface area contributed by atoms with Crippen molar-refractivity contribution in [3.63, 3.8) is 0 Å². The molecule has 12 heteroatoms. The highest BCUT2D eigenvalue weighted by molar-refractivity contribution is 5.96. The summed E-state index contributed by atoms with van der Waals surface area (Å²) in [5.74, 6) is -1.28. The lowest BCUT2D eigenvalue weighted by molar-refractivity contribution is -0.143. The molecule has 0 atom stereocenters. The molecule has 0 bridgehead atoms. The minimum Gasteiger partial charge on any atom is -0.349 e. The van der Waals surface area contributed by atoms with Gasteiger partial charge in [0, 0.05) is 36.6 Å². The summed E-state index contributed by atoms with van der Waals surface area (Å²) in [6.45, 7) is 2.67. The number of carbonyl (C=O) groups excluding carboxylic acids is 2. The summed E-state index contributed by atoms with van der Waals surface area (Å²) in [5.41, 5.74) is -1.78. The van der Waals surface area contributed by atoms with E-state index in [1.165, 1.54) is 5.56 Å². The maximum absolute atomic E-state index is 13.0. The van der Waals surface area contributed by atoms with E-state index in [0.29, 0.717) is 37.2 Å². The van der Waals surface area contributed by atoms with Crippen LogP contribution in [0, 0.1) is 6.92 Å². The molecule has 1 saturated heterocycles. The van der Waals surface area contributed by atoms with E-state index in [2.05, 4.69) is 26.6 Å². The first kappa shape index (κ1) is 27.9. The monoisotopic (exact) mass is 542 g/mol. The number of aromatic nitrogens is 1. The number of amides is 2. The number of alkyl halides is 6. The molecule has 0 spiro atoms. The van der Waals surface area contributed by atoms with E-state index in [4.69, 9.17) is 0 Å². The molecule has 0 unspecified atom stereocenters. The number of pyridine rings is 1. The van der Waals surface area contributed by atoms with Gasteiger partial charge in [-0.25, -0.2) is 0 Å². The van der Waals surface area contributed by atoms with E-state index >= 15 is 0 Å². The summed E-state index contributed by atoms with van der Waals surface area (Å²) in [6, 6.07) is 5.03. The number of benzene rings is 1. The van der Waals surface area contributed by atoms with Crippen LogP contribution in [-0.4, -0.2) is 53.4 Å². The Morgan fingerprint density at radius 3 is 2.08 bits per heavy atom. The van der Waals surface area contributed by atoms with Gasteiger partial charge in [-0.15, -0.1) is 0 Å². The molecule has 2 heterocycles. The molecule has 2 amide bonds. The zero-order valence-corrected chi connectivity index (χ0v) is 20.6. The summed E-state index contributed by atoms with van der Waals surface area (Å²) in [5, 5.41) is 4.84. The molecule has 2 fully saturated rings. The maximum atomic E-state index is 13.0. The smallest absolute Gasteiger partial charge is 0.349 e. The second-order valence-corrected chi connectivity index (χ2v) is 9.93. The van der Waals surface area contributed by atoms with Crippen LogP contribution in [0.2, 0.25) is 0 Å². The fourth-order valence-corrected chi connectivity index (χ4v) is 5.02. The number of nitrogens with zero attached hydrogens (tertiary/aromatic N) is 2. The van der Waals surface area contributed by atoms with Crippen LogP contribution in [0.25, 0.3) is 0 Å². The van der Waals surface area contributed by atoms with E-state index < -0.39 is 47.4 Å². The molecular weight excluding hydrogens is 514 g/mol. The van der Waals surface area contributed by atoms with Crippen molar-refractivity contribution in [1.82, 2.24) is 20.5 Å². The first-order chi connectivity index (χ1) is 17.8. The number of rotatable bonds is 6. The van der Waals surface area contributed by atoms with Gasteiger partial charge >= 0.3 is 12.4 Å². The van der Waals surface area contributed by atoms with Crippen LogP contribution >= 0.6 is 0 Å². The van der Waals surface area contributed by atoms with Gasteiger partial charge in [0.15, 0.2) is 0 Å². The Kier molecular flexibility index (Phi) is 8.01. The Morgan fingerprint density at radius 2 is 1.55 bits per heavy atom.